The third-order valence-electron chi connectivity index (χ3n) is 5.48. The molecule has 10 heteroatoms. The number of methoxy groups -OCH3 is 2. The maximum absolute atomic E-state index is 13.5. The minimum absolute atomic E-state index is 0.0101. The molecule has 178 valence electrons. The highest BCUT2D eigenvalue weighted by Gasteiger charge is 2.31. The molecule has 1 atom stereocenters. The fourth-order valence-electron chi connectivity index (χ4n) is 3.81. The molecule has 34 heavy (non-hydrogen) atoms. The molecule has 8 nitrogen and oxygen atoms in total. The van der Waals surface area contributed by atoms with E-state index in [0.717, 1.165) is 15.1 Å². The van der Waals surface area contributed by atoms with Crippen LogP contribution >= 0.6 is 0 Å². The van der Waals surface area contributed by atoms with Gasteiger partial charge in [0.2, 0.25) is 10.0 Å². The third kappa shape index (κ3) is 4.61. The average Bonchev–Trinajstić information content (AvgIpc) is 3.21. The Morgan fingerprint density at radius 2 is 1.79 bits per heavy atom. The highest BCUT2D eigenvalue weighted by atomic mass is 32.2. The van der Waals surface area contributed by atoms with E-state index in [1.54, 1.807) is 55.8 Å². The summed E-state index contributed by atoms with van der Waals surface area (Å²) in [5, 5.41) is -0.0556. The van der Waals surface area contributed by atoms with Gasteiger partial charge in [0.1, 0.15) is 11.5 Å². The first-order valence-electron chi connectivity index (χ1n) is 10.5. The maximum atomic E-state index is 13.5. The molecule has 2 heterocycles. The number of imidazole rings is 1. The molecule has 0 bridgehead atoms. The second-order valence-corrected chi connectivity index (χ2v) is 11.0. The molecular weight excluding hydrogens is 474 g/mol. The minimum atomic E-state index is -3.94. The fourth-order valence-corrected chi connectivity index (χ4v) is 7.03. The van der Waals surface area contributed by atoms with Gasteiger partial charge >= 0.3 is 5.16 Å². The third-order valence-corrected chi connectivity index (χ3v) is 8.44. The number of benzene rings is 2. The summed E-state index contributed by atoms with van der Waals surface area (Å²) in [6.07, 6.45) is 1.65. The van der Waals surface area contributed by atoms with Crippen molar-refractivity contribution in [1.82, 2.24) is 13.9 Å². The monoisotopic (exact) mass is 499 g/mol. The lowest BCUT2D eigenvalue weighted by Gasteiger charge is -2.15. The molecule has 0 saturated heterocycles. The molecule has 0 aliphatic heterocycles. The smallest absolute Gasteiger partial charge is 0.338 e. The summed E-state index contributed by atoms with van der Waals surface area (Å²) in [6.45, 7) is 3.72. The van der Waals surface area contributed by atoms with Gasteiger partial charge in [-0.15, -0.1) is 0 Å². The van der Waals surface area contributed by atoms with Gasteiger partial charge < -0.3 is 14.0 Å². The molecular formula is C24H25N3O5S2. The van der Waals surface area contributed by atoms with E-state index in [4.69, 9.17) is 9.47 Å². The van der Waals surface area contributed by atoms with Crippen molar-refractivity contribution >= 4 is 32.2 Å². The molecule has 1 unspecified atom stereocenters. The number of hydrogen-bond acceptors (Lipinski definition) is 7. The van der Waals surface area contributed by atoms with Crippen LogP contribution in [0, 0.1) is 13.8 Å². The van der Waals surface area contributed by atoms with Crippen molar-refractivity contribution in [2.45, 2.75) is 30.5 Å². The van der Waals surface area contributed by atoms with Crippen molar-refractivity contribution < 1.29 is 22.4 Å². The lowest BCUT2D eigenvalue weighted by molar-refractivity contribution is 0.407. The number of pyridine rings is 1. The van der Waals surface area contributed by atoms with Crippen LogP contribution in [0.4, 0.5) is 0 Å². The molecule has 0 saturated carbocycles. The Kier molecular flexibility index (Phi) is 6.83. The Balaban J connectivity index is 1.82. The first kappa shape index (κ1) is 24.1. The number of nitrogens with zero attached hydrogens (tertiary/aromatic N) is 3. The summed E-state index contributed by atoms with van der Waals surface area (Å²) >= 11 is -1.80. The summed E-state index contributed by atoms with van der Waals surface area (Å²) < 4.78 is 52.4. The van der Waals surface area contributed by atoms with Crippen LogP contribution in [0.2, 0.25) is 0 Å². The van der Waals surface area contributed by atoms with Crippen LogP contribution in [-0.2, 0) is 32.7 Å². The second-order valence-electron chi connectivity index (χ2n) is 7.79. The first-order valence-corrected chi connectivity index (χ1v) is 13.4. The van der Waals surface area contributed by atoms with Crippen LogP contribution < -0.4 is 9.47 Å². The number of hydrogen-bond donors (Lipinski definition) is 0. The molecule has 2 aromatic carbocycles. The summed E-state index contributed by atoms with van der Waals surface area (Å²) in [4.78, 5) is 8.87. The SMILES string of the molecule is COc1ccc2c(c1)nc([S+]([O-])Cc1ncc(C)c(OC)c1C)n2S(=O)(=O)Cc1ccccc1. The van der Waals surface area contributed by atoms with Crippen LogP contribution in [0.25, 0.3) is 11.0 Å². The Labute approximate surface area is 201 Å². The Bertz CT molecular complexity index is 1440. The summed E-state index contributed by atoms with van der Waals surface area (Å²) in [5.41, 5.74) is 3.51. The lowest BCUT2D eigenvalue weighted by atomic mass is 10.1. The van der Waals surface area contributed by atoms with E-state index >= 15 is 0 Å². The molecule has 0 spiro atoms. The molecule has 0 amide bonds. The first-order chi connectivity index (χ1) is 16.2. The van der Waals surface area contributed by atoms with Gasteiger partial charge in [0, 0.05) is 34.6 Å². The summed E-state index contributed by atoms with van der Waals surface area (Å²) in [5.74, 6) is 0.919. The number of rotatable bonds is 8. The predicted octanol–water partition coefficient (Wildman–Crippen LogP) is 3.75. The zero-order chi connectivity index (χ0) is 24.5. The largest absolute Gasteiger partial charge is 0.609 e. The van der Waals surface area contributed by atoms with Crippen LogP contribution in [-0.4, -0.2) is 41.1 Å². The number of aromatic nitrogens is 3. The zero-order valence-electron chi connectivity index (χ0n) is 19.3. The molecule has 0 radical (unpaired) electrons. The van der Waals surface area contributed by atoms with Gasteiger partial charge in [-0.05, 0) is 31.5 Å². The fraction of sp³-hybridized carbons (Fsp3) is 0.250. The van der Waals surface area contributed by atoms with Gasteiger partial charge in [-0.1, -0.05) is 30.3 Å². The van der Waals surface area contributed by atoms with Crippen LogP contribution in [0.5, 0.6) is 11.5 Å². The van der Waals surface area contributed by atoms with Crippen molar-refractivity contribution in [3.63, 3.8) is 0 Å². The molecule has 0 fully saturated rings. The number of aryl methyl sites for hydroxylation is 1. The van der Waals surface area contributed by atoms with E-state index in [1.165, 1.54) is 7.11 Å². The van der Waals surface area contributed by atoms with Crippen LogP contribution in [0.15, 0.2) is 59.9 Å². The van der Waals surface area contributed by atoms with Gasteiger partial charge in [-0.2, -0.15) is 8.96 Å². The predicted molar refractivity (Wildman–Crippen MR) is 131 cm³/mol. The molecule has 0 aliphatic carbocycles. The van der Waals surface area contributed by atoms with Gasteiger partial charge in [-0.25, -0.2) is 8.42 Å². The summed E-state index contributed by atoms with van der Waals surface area (Å²) in [7, 11) is -0.854. The molecule has 4 rings (SSSR count). The Morgan fingerprint density at radius 3 is 2.47 bits per heavy atom. The van der Waals surface area contributed by atoms with Crippen LogP contribution in [0.1, 0.15) is 22.4 Å². The van der Waals surface area contributed by atoms with Gasteiger partial charge in [0.05, 0.1) is 36.7 Å². The molecule has 0 aliphatic rings. The lowest BCUT2D eigenvalue weighted by Crippen LogP contribution is -2.22. The standard InChI is InChI=1S/C24H25N3O5S2/c1-16-13-25-21(17(2)23(16)32-4)14-33(28)24-26-20-12-19(31-3)10-11-22(20)27(24)34(29,30)15-18-8-6-5-7-9-18/h5-13H,14-15H2,1-4H3. The normalized spacial score (nSPS) is 12.6. The van der Waals surface area contributed by atoms with Gasteiger partial charge in [-0.3, -0.25) is 4.98 Å². The van der Waals surface area contributed by atoms with Crippen molar-refractivity contribution in [2.75, 3.05) is 14.2 Å². The summed E-state index contributed by atoms with van der Waals surface area (Å²) in [6, 6.07) is 13.7. The Morgan fingerprint density at radius 1 is 1.06 bits per heavy atom. The highest BCUT2D eigenvalue weighted by Crippen LogP contribution is 2.30. The second kappa shape index (κ2) is 9.65. The number of fused-ring (bicyclic) bond motifs is 1. The average molecular weight is 500 g/mol. The number of ether oxygens (including phenoxy) is 2. The molecule has 2 aromatic heterocycles. The Hall–Kier alpha value is -3.08. The van der Waals surface area contributed by atoms with E-state index in [9.17, 15) is 13.0 Å². The molecule has 0 N–H and O–H groups in total. The maximum Gasteiger partial charge on any atom is 0.338 e. The van der Waals surface area contributed by atoms with Crippen LogP contribution in [0.3, 0.4) is 0 Å². The van der Waals surface area contributed by atoms with E-state index in [1.807, 2.05) is 19.9 Å². The van der Waals surface area contributed by atoms with E-state index in [0.29, 0.717) is 33.8 Å². The van der Waals surface area contributed by atoms with Crippen molar-refractivity contribution in [3.8, 4) is 11.5 Å². The van der Waals surface area contributed by atoms with Gasteiger partial charge in [0.25, 0.3) is 0 Å². The quantitative estimate of drug-likeness (QED) is 0.340. The molecule has 4 aromatic rings. The van der Waals surface area contributed by atoms with Crippen molar-refractivity contribution in [3.05, 3.63) is 77.1 Å². The van der Waals surface area contributed by atoms with E-state index in [2.05, 4.69) is 9.97 Å². The van der Waals surface area contributed by atoms with Gasteiger partial charge in [0.15, 0.2) is 5.75 Å². The van der Waals surface area contributed by atoms with E-state index in [-0.39, 0.29) is 16.7 Å². The van der Waals surface area contributed by atoms with Crippen molar-refractivity contribution in [2.24, 2.45) is 0 Å². The minimum Gasteiger partial charge on any atom is -0.609 e. The zero-order valence-corrected chi connectivity index (χ0v) is 20.9. The highest BCUT2D eigenvalue weighted by molar-refractivity contribution is 7.92. The van der Waals surface area contributed by atoms with Crippen molar-refractivity contribution in [1.29, 1.82) is 0 Å². The topological polar surface area (TPSA) is 106 Å². The van der Waals surface area contributed by atoms with E-state index < -0.39 is 21.2 Å².